The van der Waals surface area contributed by atoms with Gasteiger partial charge in [-0.15, -0.1) is 0 Å². The van der Waals surface area contributed by atoms with Crippen LogP contribution in [-0.2, 0) is 19.6 Å². The average molecular weight is 460 g/mol. The van der Waals surface area contributed by atoms with Crippen molar-refractivity contribution in [1.29, 1.82) is 0 Å². The van der Waals surface area contributed by atoms with Gasteiger partial charge in [0.2, 0.25) is 0 Å². The number of hydrogen-bond donors (Lipinski definition) is 2. The number of amides is 1. The Morgan fingerprint density at radius 1 is 0.906 bits per heavy atom. The van der Waals surface area contributed by atoms with Crippen molar-refractivity contribution < 1.29 is 31.5 Å². The molecule has 0 radical (unpaired) electrons. The van der Waals surface area contributed by atoms with Crippen LogP contribution in [-0.4, -0.2) is 26.9 Å². The van der Waals surface area contributed by atoms with Crippen molar-refractivity contribution in [2.75, 3.05) is 16.6 Å². The predicted octanol–water partition coefficient (Wildman–Crippen LogP) is 3.87. The van der Waals surface area contributed by atoms with Crippen molar-refractivity contribution in [3.8, 4) is 0 Å². The van der Waals surface area contributed by atoms with E-state index < -0.39 is 40.1 Å². The molecule has 3 rings (SSSR count). The number of carbonyl (C=O) groups excluding carboxylic acids is 2. The molecule has 0 atom stereocenters. The number of nitrogens with one attached hydrogen (secondary N) is 2. The highest BCUT2D eigenvalue weighted by Crippen LogP contribution is 2.19. The Kier molecular flexibility index (Phi) is 6.84. The summed E-state index contributed by atoms with van der Waals surface area (Å²) >= 11 is 0. The van der Waals surface area contributed by atoms with Gasteiger partial charge in [0.05, 0.1) is 10.5 Å². The molecule has 32 heavy (non-hydrogen) atoms. The molecule has 0 heterocycles. The van der Waals surface area contributed by atoms with Crippen LogP contribution in [0.4, 0.5) is 20.2 Å². The summed E-state index contributed by atoms with van der Waals surface area (Å²) in [5, 5.41) is 2.26. The molecule has 0 spiro atoms. The molecule has 1 amide bonds. The van der Waals surface area contributed by atoms with Gasteiger partial charge >= 0.3 is 5.97 Å². The van der Waals surface area contributed by atoms with Crippen LogP contribution >= 0.6 is 0 Å². The summed E-state index contributed by atoms with van der Waals surface area (Å²) in [5.41, 5.74) is 1.13. The van der Waals surface area contributed by atoms with Gasteiger partial charge in [-0.3, -0.25) is 9.52 Å². The summed E-state index contributed by atoms with van der Waals surface area (Å²) in [6.07, 6.45) is 0. The quantitative estimate of drug-likeness (QED) is 0.522. The molecule has 0 fully saturated rings. The van der Waals surface area contributed by atoms with Crippen molar-refractivity contribution in [1.82, 2.24) is 0 Å². The Balaban J connectivity index is 1.64. The summed E-state index contributed by atoms with van der Waals surface area (Å²) in [4.78, 5) is 24.0. The average Bonchev–Trinajstić information content (AvgIpc) is 2.74. The normalized spacial score (nSPS) is 11.0. The van der Waals surface area contributed by atoms with E-state index in [1.807, 2.05) is 13.0 Å². The van der Waals surface area contributed by atoms with Gasteiger partial charge in [0.1, 0.15) is 0 Å². The van der Waals surface area contributed by atoms with Crippen LogP contribution in [0, 0.1) is 18.6 Å². The zero-order valence-corrected chi connectivity index (χ0v) is 17.6. The van der Waals surface area contributed by atoms with E-state index in [1.165, 1.54) is 18.2 Å². The molecule has 3 aromatic carbocycles. The minimum absolute atomic E-state index is 0.0136. The second-order valence-corrected chi connectivity index (χ2v) is 8.44. The molecule has 0 unspecified atom stereocenters. The minimum Gasteiger partial charge on any atom is -0.452 e. The number of esters is 1. The van der Waals surface area contributed by atoms with Gasteiger partial charge in [0.15, 0.2) is 18.2 Å². The number of hydrogen-bond acceptors (Lipinski definition) is 5. The van der Waals surface area contributed by atoms with Crippen LogP contribution in [0.25, 0.3) is 0 Å². The standard InChI is InChI=1S/C22H18F2N2O5S/c1-14-4-2-6-17(10-14)26-32(29,30)18-7-3-5-15(11-18)22(28)31-13-21(27)25-16-8-9-19(23)20(24)12-16/h2-12,26H,13H2,1H3,(H,25,27). The highest BCUT2D eigenvalue weighted by Gasteiger charge is 2.18. The molecule has 2 N–H and O–H groups in total. The Bertz CT molecular complexity index is 1280. The molecule has 0 aliphatic carbocycles. The third kappa shape index (κ3) is 5.88. The number of halogens is 2. The lowest BCUT2D eigenvalue weighted by atomic mass is 10.2. The summed E-state index contributed by atoms with van der Waals surface area (Å²) in [5.74, 6) is -3.93. The summed E-state index contributed by atoms with van der Waals surface area (Å²) < 4.78 is 58.7. The molecule has 0 saturated carbocycles. The van der Waals surface area contributed by atoms with Crippen LogP contribution in [0.5, 0.6) is 0 Å². The first-order valence-electron chi connectivity index (χ1n) is 9.25. The Morgan fingerprint density at radius 2 is 1.66 bits per heavy atom. The molecule has 166 valence electrons. The van der Waals surface area contributed by atoms with E-state index in [4.69, 9.17) is 4.74 Å². The number of ether oxygens (including phenoxy) is 1. The second kappa shape index (κ2) is 9.56. The largest absolute Gasteiger partial charge is 0.452 e. The van der Waals surface area contributed by atoms with Crippen molar-refractivity contribution in [3.63, 3.8) is 0 Å². The molecule has 0 bridgehead atoms. The lowest BCUT2D eigenvalue weighted by Gasteiger charge is -2.10. The highest BCUT2D eigenvalue weighted by molar-refractivity contribution is 7.92. The molecular formula is C22H18F2N2O5S. The van der Waals surface area contributed by atoms with E-state index in [0.29, 0.717) is 5.69 Å². The molecule has 0 aliphatic heterocycles. The topological polar surface area (TPSA) is 102 Å². The Morgan fingerprint density at radius 3 is 2.38 bits per heavy atom. The smallest absolute Gasteiger partial charge is 0.338 e. The Hall–Kier alpha value is -3.79. The monoisotopic (exact) mass is 460 g/mol. The van der Waals surface area contributed by atoms with Gasteiger partial charge in [0.25, 0.3) is 15.9 Å². The molecule has 7 nitrogen and oxygen atoms in total. The first-order valence-corrected chi connectivity index (χ1v) is 10.7. The third-order valence-corrected chi connectivity index (χ3v) is 5.57. The van der Waals surface area contributed by atoms with E-state index in [0.717, 1.165) is 29.8 Å². The van der Waals surface area contributed by atoms with E-state index in [-0.39, 0.29) is 16.1 Å². The SMILES string of the molecule is Cc1cccc(NS(=O)(=O)c2cccc(C(=O)OCC(=O)Nc3ccc(F)c(F)c3)c2)c1. The fraction of sp³-hybridized carbons (Fsp3) is 0.0909. The summed E-state index contributed by atoms with van der Waals surface area (Å²) in [6, 6.07) is 14.7. The first-order chi connectivity index (χ1) is 15.1. The number of sulfonamides is 1. The summed E-state index contributed by atoms with van der Waals surface area (Å²) in [6.45, 7) is 1.10. The lowest BCUT2D eigenvalue weighted by molar-refractivity contribution is -0.119. The van der Waals surface area contributed by atoms with Crippen LogP contribution in [0.3, 0.4) is 0 Å². The molecule has 0 aliphatic rings. The number of carbonyl (C=O) groups is 2. The van der Waals surface area contributed by atoms with Crippen molar-refractivity contribution in [2.24, 2.45) is 0 Å². The van der Waals surface area contributed by atoms with E-state index >= 15 is 0 Å². The third-order valence-electron chi connectivity index (χ3n) is 4.19. The van der Waals surface area contributed by atoms with Gasteiger partial charge in [-0.25, -0.2) is 22.0 Å². The van der Waals surface area contributed by atoms with Crippen LogP contribution in [0.2, 0.25) is 0 Å². The molecule has 3 aromatic rings. The number of benzene rings is 3. The molecular weight excluding hydrogens is 442 g/mol. The summed E-state index contributed by atoms with van der Waals surface area (Å²) in [7, 11) is -3.97. The van der Waals surface area contributed by atoms with Crippen LogP contribution < -0.4 is 10.0 Å². The fourth-order valence-electron chi connectivity index (χ4n) is 2.70. The lowest BCUT2D eigenvalue weighted by Crippen LogP contribution is -2.21. The number of rotatable bonds is 7. The Labute approximate surface area is 183 Å². The molecule has 10 heteroatoms. The van der Waals surface area contributed by atoms with Crippen molar-refractivity contribution in [3.05, 3.63) is 89.5 Å². The zero-order chi connectivity index (χ0) is 23.3. The van der Waals surface area contributed by atoms with Crippen molar-refractivity contribution in [2.45, 2.75) is 11.8 Å². The first kappa shape index (κ1) is 22.9. The maximum absolute atomic E-state index is 13.2. The molecule has 0 saturated heterocycles. The van der Waals surface area contributed by atoms with Gasteiger partial charge in [-0.1, -0.05) is 18.2 Å². The number of aryl methyl sites for hydroxylation is 1. The van der Waals surface area contributed by atoms with Crippen LogP contribution in [0.15, 0.2) is 71.6 Å². The van der Waals surface area contributed by atoms with Gasteiger partial charge in [0, 0.05) is 17.4 Å². The number of anilines is 2. The molecule has 0 aromatic heterocycles. The highest BCUT2D eigenvalue weighted by atomic mass is 32.2. The van der Waals surface area contributed by atoms with Crippen LogP contribution in [0.1, 0.15) is 15.9 Å². The van der Waals surface area contributed by atoms with Gasteiger partial charge in [-0.05, 0) is 55.0 Å². The minimum atomic E-state index is -3.97. The maximum atomic E-state index is 13.2. The van der Waals surface area contributed by atoms with Crippen molar-refractivity contribution >= 4 is 33.3 Å². The van der Waals surface area contributed by atoms with E-state index in [9.17, 15) is 26.8 Å². The van der Waals surface area contributed by atoms with E-state index in [2.05, 4.69) is 10.0 Å². The fourth-order valence-corrected chi connectivity index (χ4v) is 3.79. The zero-order valence-electron chi connectivity index (χ0n) is 16.8. The van der Waals surface area contributed by atoms with Gasteiger partial charge < -0.3 is 10.1 Å². The predicted molar refractivity (Wildman–Crippen MR) is 114 cm³/mol. The van der Waals surface area contributed by atoms with Gasteiger partial charge in [-0.2, -0.15) is 0 Å². The second-order valence-electron chi connectivity index (χ2n) is 6.76. The maximum Gasteiger partial charge on any atom is 0.338 e. The van der Waals surface area contributed by atoms with E-state index in [1.54, 1.807) is 18.2 Å².